The van der Waals surface area contributed by atoms with E-state index in [1.54, 1.807) is 11.0 Å². The molecule has 1 aliphatic heterocycles. The van der Waals surface area contributed by atoms with Crippen LogP contribution in [-0.2, 0) is 0 Å². The van der Waals surface area contributed by atoms with Gasteiger partial charge in [-0.2, -0.15) is 0 Å². The predicted molar refractivity (Wildman–Crippen MR) is 97.7 cm³/mol. The second-order valence-electron chi connectivity index (χ2n) is 6.34. The highest BCUT2D eigenvalue weighted by Crippen LogP contribution is 2.28. The van der Waals surface area contributed by atoms with E-state index in [0.29, 0.717) is 23.6 Å². The number of nitro benzene ring substituents is 1. The van der Waals surface area contributed by atoms with E-state index in [1.807, 2.05) is 0 Å². The third kappa shape index (κ3) is 4.68. The molecule has 0 bridgehead atoms. The molecule has 2 fully saturated rings. The molecule has 1 saturated carbocycles. The minimum absolute atomic E-state index is 0. The molecular weight excluding hydrogens is 398 g/mol. The van der Waals surface area contributed by atoms with Crippen LogP contribution in [0.25, 0.3) is 0 Å². The number of halogens is 2. The van der Waals surface area contributed by atoms with Crippen LogP contribution in [0.2, 0.25) is 0 Å². The van der Waals surface area contributed by atoms with Crippen molar-refractivity contribution in [3.05, 3.63) is 38.3 Å². The summed E-state index contributed by atoms with van der Waals surface area (Å²) in [6.45, 7) is 2.37. The molecule has 0 aromatic heterocycles. The summed E-state index contributed by atoms with van der Waals surface area (Å²) in [6, 6.07) is 5.04. The molecule has 1 amide bonds. The number of rotatable bonds is 5. The molecule has 1 aromatic rings. The van der Waals surface area contributed by atoms with Crippen molar-refractivity contribution in [2.75, 3.05) is 19.6 Å². The fourth-order valence-corrected chi connectivity index (χ4v) is 3.30. The number of nitro groups is 1. The van der Waals surface area contributed by atoms with Gasteiger partial charge in [0.25, 0.3) is 11.6 Å². The Labute approximate surface area is 155 Å². The Hall–Kier alpha value is -1.18. The Kier molecular flexibility index (Phi) is 6.60. The lowest BCUT2D eigenvalue weighted by molar-refractivity contribution is -0.385. The molecule has 2 aliphatic rings. The maximum atomic E-state index is 12.6. The van der Waals surface area contributed by atoms with Crippen LogP contribution < -0.4 is 5.32 Å². The average molecular weight is 419 g/mol. The van der Waals surface area contributed by atoms with Crippen LogP contribution in [-0.4, -0.2) is 41.4 Å². The van der Waals surface area contributed by atoms with E-state index in [2.05, 4.69) is 21.2 Å². The van der Waals surface area contributed by atoms with Crippen molar-refractivity contribution >= 4 is 39.9 Å². The fourth-order valence-electron chi connectivity index (χ4n) is 2.95. The van der Waals surface area contributed by atoms with E-state index in [9.17, 15) is 14.9 Å². The maximum absolute atomic E-state index is 12.6. The molecule has 0 unspecified atom stereocenters. The van der Waals surface area contributed by atoms with Crippen molar-refractivity contribution in [3.8, 4) is 0 Å². The highest BCUT2D eigenvalue weighted by molar-refractivity contribution is 9.10. The number of benzene rings is 1. The predicted octanol–water partition coefficient (Wildman–Crippen LogP) is 3.38. The highest BCUT2D eigenvalue weighted by Gasteiger charge is 2.29. The van der Waals surface area contributed by atoms with Gasteiger partial charge in [0.1, 0.15) is 5.56 Å². The first-order chi connectivity index (χ1) is 11.0. The summed E-state index contributed by atoms with van der Waals surface area (Å²) >= 11 is 3.21. The largest absolute Gasteiger partial charge is 0.338 e. The van der Waals surface area contributed by atoms with Crippen molar-refractivity contribution < 1.29 is 9.72 Å². The highest BCUT2D eigenvalue weighted by atomic mass is 79.9. The van der Waals surface area contributed by atoms with Gasteiger partial charge in [0.05, 0.1) is 4.92 Å². The Morgan fingerprint density at radius 2 is 1.96 bits per heavy atom. The second kappa shape index (κ2) is 8.27. The normalized spacial score (nSPS) is 18.1. The standard InChI is InChI=1S/C16H20BrN3O3.ClH/c17-12-3-4-14(15(9-12)20(22)23)16(21)19-7-5-13(6-8-19)18-10-11-1-2-11;/h3-4,9,11,13,18H,1-2,5-8,10H2;1H. The summed E-state index contributed by atoms with van der Waals surface area (Å²) in [5, 5.41) is 14.7. The van der Waals surface area contributed by atoms with Crippen molar-refractivity contribution in [1.82, 2.24) is 10.2 Å². The van der Waals surface area contributed by atoms with E-state index in [1.165, 1.54) is 25.0 Å². The number of carbonyl (C=O) groups excluding carboxylic acids is 1. The minimum atomic E-state index is -0.498. The summed E-state index contributed by atoms with van der Waals surface area (Å²) in [5.41, 5.74) is 0.0287. The molecule has 1 aromatic carbocycles. The van der Waals surface area contributed by atoms with Gasteiger partial charge < -0.3 is 10.2 Å². The monoisotopic (exact) mass is 417 g/mol. The van der Waals surface area contributed by atoms with Crippen molar-refractivity contribution in [2.45, 2.75) is 31.7 Å². The zero-order valence-electron chi connectivity index (χ0n) is 13.2. The molecule has 0 atom stereocenters. The van der Waals surface area contributed by atoms with Gasteiger partial charge in [0.2, 0.25) is 0 Å². The molecule has 0 spiro atoms. The first-order valence-electron chi connectivity index (χ1n) is 8.01. The number of hydrogen-bond donors (Lipinski definition) is 1. The maximum Gasteiger partial charge on any atom is 0.283 e. The summed E-state index contributed by atoms with van der Waals surface area (Å²) in [6.07, 6.45) is 4.47. The van der Waals surface area contributed by atoms with Crippen LogP contribution in [0.3, 0.4) is 0 Å². The summed E-state index contributed by atoms with van der Waals surface area (Å²) in [4.78, 5) is 25.0. The molecule has 132 valence electrons. The minimum Gasteiger partial charge on any atom is -0.338 e. The van der Waals surface area contributed by atoms with Crippen molar-refractivity contribution in [3.63, 3.8) is 0 Å². The Morgan fingerprint density at radius 3 is 2.54 bits per heavy atom. The lowest BCUT2D eigenvalue weighted by atomic mass is 10.0. The SMILES string of the molecule is Cl.O=C(c1ccc(Br)cc1[N+](=O)[O-])N1CCC(NCC2CC2)CC1. The van der Waals surface area contributed by atoms with E-state index in [-0.39, 0.29) is 29.6 Å². The van der Waals surface area contributed by atoms with Crippen LogP contribution >= 0.6 is 28.3 Å². The van der Waals surface area contributed by atoms with E-state index >= 15 is 0 Å². The molecule has 1 saturated heterocycles. The van der Waals surface area contributed by atoms with Gasteiger partial charge in [-0.1, -0.05) is 15.9 Å². The second-order valence-corrected chi connectivity index (χ2v) is 7.25. The molecule has 0 radical (unpaired) electrons. The Morgan fingerprint density at radius 1 is 1.29 bits per heavy atom. The third-order valence-corrected chi connectivity index (χ3v) is 5.05. The van der Waals surface area contributed by atoms with Gasteiger partial charge >= 0.3 is 0 Å². The molecule has 24 heavy (non-hydrogen) atoms. The Balaban J connectivity index is 0.00000208. The molecule has 6 nitrogen and oxygen atoms in total. The molecule has 1 heterocycles. The number of nitrogens with one attached hydrogen (secondary N) is 1. The molecule has 1 aliphatic carbocycles. The van der Waals surface area contributed by atoms with Crippen LogP contribution in [0.15, 0.2) is 22.7 Å². The molecule has 1 N–H and O–H groups in total. The molecule has 8 heteroatoms. The zero-order chi connectivity index (χ0) is 16.4. The van der Waals surface area contributed by atoms with Gasteiger partial charge in [-0.3, -0.25) is 14.9 Å². The first kappa shape index (κ1) is 19.1. The quantitative estimate of drug-likeness (QED) is 0.587. The molecule has 3 rings (SSSR count). The Bertz CT molecular complexity index is 617. The van der Waals surface area contributed by atoms with Crippen molar-refractivity contribution in [2.24, 2.45) is 5.92 Å². The number of piperidine rings is 1. The zero-order valence-corrected chi connectivity index (χ0v) is 15.6. The summed E-state index contributed by atoms with van der Waals surface area (Å²) in [5.74, 6) is 0.602. The lowest BCUT2D eigenvalue weighted by Gasteiger charge is -2.32. The number of nitrogens with zero attached hydrogens (tertiary/aromatic N) is 2. The number of hydrogen-bond acceptors (Lipinski definition) is 4. The van der Waals surface area contributed by atoms with E-state index in [0.717, 1.165) is 25.3 Å². The van der Waals surface area contributed by atoms with Gasteiger partial charge in [0.15, 0.2) is 0 Å². The summed E-state index contributed by atoms with van der Waals surface area (Å²) < 4.78 is 0.601. The van der Waals surface area contributed by atoms with Crippen LogP contribution in [0, 0.1) is 16.0 Å². The van der Waals surface area contributed by atoms with Gasteiger partial charge in [-0.15, -0.1) is 12.4 Å². The topological polar surface area (TPSA) is 75.5 Å². The summed E-state index contributed by atoms with van der Waals surface area (Å²) in [7, 11) is 0. The average Bonchev–Trinajstić information content (AvgIpc) is 3.37. The lowest BCUT2D eigenvalue weighted by Crippen LogP contribution is -2.45. The van der Waals surface area contributed by atoms with Crippen LogP contribution in [0.5, 0.6) is 0 Å². The van der Waals surface area contributed by atoms with Crippen LogP contribution in [0.1, 0.15) is 36.0 Å². The first-order valence-corrected chi connectivity index (χ1v) is 8.80. The third-order valence-electron chi connectivity index (χ3n) is 4.56. The van der Waals surface area contributed by atoms with Crippen LogP contribution in [0.4, 0.5) is 5.69 Å². The van der Waals surface area contributed by atoms with Gasteiger partial charge in [-0.25, -0.2) is 0 Å². The van der Waals surface area contributed by atoms with Gasteiger partial charge in [0, 0.05) is 29.7 Å². The number of carbonyl (C=O) groups is 1. The fraction of sp³-hybridized carbons (Fsp3) is 0.562. The number of amides is 1. The molecular formula is C16H21BrClN3O3. The van der Waals surface area contributed by atoms with Crippen molar-refractivity contribution in [1.29, 1.82) is 0 Å². The van der Waals surface area contributed by atoms with E-state index in [4.69, 9.17) is 0 Å². The van der Waals surface area contributed by atoms with E-state index < -0.39 is 4.92 Å². The number of likely N-dealkylation sites (tertiary alicyclic amines) is 1. The smallest absolute Gasteiger partial charge is 0.283 e. The van der Waals surface area contributed by atoms with Gasteiger partial charge in [-0.05, 0) is 50.3 Å².